The van der Waals surface area contributed by atoms with Crippen LogP contribution in [0.1, 0.15) is 31.8 Å². The number of benzene rings is 2. The van der Waals surface area contributed by atoms with E-state index in [0.29, 0.717) is 5.56 Å². The molecule has 1 N–H and O–H groups in total. The molecule has 0 saturated heterocycles. The number of hydrogen-bond donors (Lipinski definition) is 1. The Balaban J connectivity index is 2.18. The van der Waals surface area contributed by atoms with Crippen molar-refractivity contribution in [2.24, 2.45) is 0 Å². The van der Waals surface area contributed by atoms with E-state index in [9.17, 15) is 19.5 Å². The van der Waals surface area contributed by atoms with Crippen molar-refractivity contribution in [3.8, 4) is 5.75 Å². The fourth-order valence-corrected chi connectivity index (χ4v) is 2.54. The van der Waals surface area contributed by atoms with Crippen LogP contribution in [0.15, 0.2) is 71.7 Å². The zero-order valence-corrected chi connectivity index (χ0v) is 13.5. The molecule has 0 radical (unpaired) electrons. The Hall–Kier alpha value is -3.47. The van der Waals surface area contributed by atoms with Crippen LogP contribution in [0.4, 0.5) is 0 Å². The number of hydrogen-bond acceptors (Lipinski definition) is 4. The van der Waals surface area contributed by atoms with Gasteiger partial charge in [-0.15, -0.1) is 0 Å². The van der Waals surface area contributed by atoms with E-state index in [-0.39, 0.29) is 11.1 Å². The molecule has 5 nitrogen and oxygen atoms in total. The third kappa shape index (κ3) is 2.99. The standard InChI is InChI=1S/C20H15NO4/c1-13-12-21(19(24)15-10-6-3-7-11-15)20(25)16(17(13)22)18(23)14-8-4-2-5-9-14/h2-12,22H,1H3. The summed E-state index contributed by atoms with van der Waals surface area (Å²) in [5.41, 5.74) is -0.406. The van der Waals surface area contributed by atoms with E-state index >= 15 is 0 Å². The number of ketones is 1. The highest BCUT2D eigenvalue weighted by molar-refractivity contribution is 6.11. The third-order valence-corrected chi connectivity index (χ3v) is 3.87. The molecule has 1 heterocycles. The first-order chi connectivity index (χ1) is 12.0. The first-order valence-corrected chi connectivity index (χ1v) is 7.65. The number of aryl methyl sites for hydroxylation is 1. The van der Waals surface area contributed by atoms with Crippen LogP contribution in [0, 0.1) is 6.92 Å². The fraction of sp³-hybridized carbons (Fsp3) is 0.0500. The highest BCUT2D eigenvalue weighted by Gasteiger charge is 2.23. The number of aromatic hydroxyl groups is 1. The topological polar surface area (TPSA) is 76.4 Å². The molecule has 0 unspecified atom stereocenters. The van der Waals surface area contributed by atoms with Gasteiger partial charge < -0.3 is 5.11 Å². The van der Waals surface area contributed by atoms with Gasteiger partial charge in [0.15, 0.2) is 0 Å². The summed E-state index contributed by atoms with van der Waals surface area (Å²) in [5, 5.41) is 10.2. The molecule has 2 aromatic carbocycles. The van der Waals surface area contributed by atoms with Gasteiger partial charge in [0.05, 0.1) is 0 Å². The van der Waals surface area contributed by atoms with Crippen LogP contribution < -0.4 is 5.56 Å². The molecule has 3 rings (SSSR count). The van der Waals surface area contributed by atoms with Crippen LogP contribution in [0.25, 0.3) is 0 Å². The van der Waals surface area contributed by atoms with E-state index < -0.39 is 28.6 Å². The lowest BCUT2D eigenvalue weighted by atomic mass is 10.0. The molecule has 0 aliphatic carbocycles. The van der Waals surface area contributed by atoms with Gasteiger partial charge >= 0.3 is 0 Å². The minimum absolute atomic E-state index is 0.263. The summed E-state index contributed by atoms with van der Waals surface area (Å²) in [7, 11) is 0. The van der Waals surface area contributed by atoms with Crippen molar-refractivity contribution < 1.29 is 14.7 Å². The quantitative estimate of drug-likeness (QED) is 0.748. The smallest absolute Gasteiger partial charge is 0.272 e. The fourth-order valence-electron chi connectivity index (χ4n) is 2.54. The van der Waals surface area contributed by atoms with Crippen molar-refractivity contribution in [1.82, 2.24) is 4.57 Å². The molecule has 5 heteroatoms. The second kappa shape index (κ2) is 6.57. The number of carbonyl (C=O) groups is 2. The van der Waals surface area contributed by atoms with Gasteiger partial charge in [0.1, 0.15) is 11.3 Å². The van der Waals surface area contributed by atoms with Crippen LogP contribution in [0.3, 0.4) is 0 Å². The molecule has 0 atom stereocenters. The maximum atomic E-state index is 12.7. The van der Waals surface area contributed by atoms with E-state index in [1.807, 2.05) is 0 Å². The van der Waals surface area contributed by atoms with E-state index in [1.165, 1.54) is 13.1 Å². The van der Waals surface area contributed by atoms with Crippen LogP contribution in [-0.4, -0.2) is 21.4 Å². The molecule has 0 amide bonds. The Labute approximate surface area is 143 Å². The van der Waals surface area contributed by atoms with Crippen molar-refractivity contribution in [1.29, 1.82) is 0 Å². The van der Waals surface area contributed by atoms with E-state index in [2.05, 4.69) is 0 Å². The van der Waals surface area contributed by atoms with Crippen molar-refractivity contribution in [2.45, 2.75) is 6.92 Å². The summed E-state index contributed by atoms with van der Waals surface area (Å²) in [6.07, 6.45) is 1.24. The summed E-state index contributed by atoms with van der Waals surface area (Å²) in [4.78, 5) is 38.0. The Morgan fingerprint density at radius 3 is 1.96 bits per heavy atom. The first-order valence-electron chi connectivity index (χ1n) is 7.65. The molecule has 25 heavy (non-hydrogen) atoms. The summed E-state index contributed by atoms with van der Waals surface area (Å²) in [5.74, 6) is -1.59. The average molecular weight is 333 g/mol. The first kappa shape index (κ1) is 16.4. The SMILES string of the molecule is Cc1cn(C(=O)c2ccccc2)c(=O)c(C(=O)c2ccccc2)c1O. The Bertz CT molecular complexity index is 1010. The lowest BCUT2D eigenvalue weighted by Gasteiger charge is -2.11. The van der Waals surface area contributed by atoms with Crippen molar-refractivity contribution >= 4 is 11.7 Å². The minimum atomic E-state index is -0.842. The average Bonchev–Trinajstić information content (AvgIpc) is 2.65. The lowest BCUT2D eigenvalue weighted by molar-refractivity contribution is 0.0954. The van der Waals surface area contributed by atoms with Gasteiger partial charge in [0, 0.05) is 22.9 Å². The third-order valence-electron chi connectivity index (χ3n) is 3.87. The van der Waals surface area contributed by atoms with Gasteiger partial charge in [-0.05, 0) is 19.1 Å². The Kier molecular flexibility index (Phi) is 4.31. The summed E-state index contributed by atoms with van der Waals surface area (Å²) >= 11 is 0. The number of nitrogens with zero attached hydrogens (tertiary/aromatic N) is 1. The maximum Gasteiger partial charge on any atom is 0.272 e. The molecule has 3 aromatic rings. The maximum absolute atomic E-state index is 12.7. The van der Waals surface area contributed by atoms with E-state index in [4.69, 9.17) is 0 Å². The predicted molar refractivity (Wildman–Crippen MR) is 93.1 cm³/mol. The number of rotatable bonds is 3. The molecule has 0 bridgehead atoms. The normalized spacial score (nSPS) is 10.4. The van der Waals surface area contributed by atoms with Crippen LogP contribution in [0.2, 0.25) is 0 Å². The van der Waals surface area contributed by atoms with Gasteiger partial charge in [0.25, 0.3) is 11.5 Å². The summed E-state index contributed by atoms with van der Waals surface area (Å²) in [6, 6.07) is 16.4. The zero-order valence-electron chi connectivity index (χ0n) is 13.5. The highest BCUT2D eigenvalue weighted by Crippen LogP contribution is 2.21. The predicted octanol–water partition coefficient (Wildman–Crippen LogP) is 2.78. The number of pyridine rings is 1. The Morgan fingerprint density at radius 2 is 1.40 bits per heavy atom. The van der Waals surface area contributed by atoms with Crippen LogP contribution >= 0.6 is 0 Å². The van der Waals surface area contributed by atoms with E-state index in [1.54, 1.807) is 60.7 Å². The Morgan fingerprint density at radius 1 is 0.880 bits per heavy atom. The molecular weight excluding hydrogens is 318 g/mol. The van der Waals surface area contributed by atoms with Gasteiger partial charge in [0.2, 0.25) is 5.78 Å². The minimum Gasteiger partial charge on any atom is -0.507 e. The van der Waals surface area contributed by atoms with Crippen molar-refractivity contribution in [2.75, 3.05) is 0 Å². The lowest BCUT2D eigenvalue weighted by Crippen LogP contribution is -2.32. The molecule has 1 aromatic heterocycles. The highest BCUT2D eigenvalue weighted by atomic mass is 16.3. The largest absolute Gasteiger partial charge is 0.507 e. The van der Waals surface area contributed by atoms with Crippen LogP contribution in [0.5, 0.6) is 5.75 Å². The van der Waals surface area contributed by atoms with Gasteiger partial charge in [-0.1, -0.05) is 48.5 Å². The molecule has 0 saturated carbocycles. The molecule has 0 aliphatic heterocycles. The van der Waals surface area contributed by atoms with Gasteiger partial charge in [-0.3, -0.25) is 14.4 Å². The number of carbonyl (C=O) groups excluding carboxylic acids is 2. The van der Waals surface area contributed by atoms with Gasteiger partial charge in [-0.25, -0.2) is 4.57 Å². The molecule has 0 spiro atoms. The van der Waals surface area contributed by atoms with Gasteiger partial charge in [-0.2, -0.15) is 0 Å². The molecule has 0 fully saturated rings. The summed E-state index contributed by atoms with van der Waals surface area (Å²) in [6.45, 7) is 1.53. The van der Waals surface area contributed by atoms with Crippen molar-refractivity contribution in [3.63, 3.8) is 0 Å². The second-order valence-corrected chi connectivity index (χ2v) is 5.58. The second-order valence-electron chi connectivity index (χ2n) is 5.58. The van der Waals surface area contributed by atoms with Crippen molar-refractivity contribution in [3.05, 3.63) is 99.5 Å². The molecule has 0 aliphatic rings. The summed E-state index contributed by atoms with van der Waals surface area (Å²) < 4.78 is 0.862. The van der Waals surface area contributed by atoms with Crippen LogP contribution in [-0.2, 0) is 0 Å². The zero-order chi connectivity index (χ0) is 18.0. The number of aromatic nitrogens is 1. The molecule has 124 valence electrons. The van der Waals surface area contributed by atoms with E-state index in [0.717, 1.165) is 4.57 Å². The molecular formula is C20H15NO4. The monoisotopic (exact) mass is 333 g/mol.